The van der Waals surface area contributed by atoms with Gasteiger partial charge in [0.1, 0.15) is 6.33 Å². The van der Waals surface area contributed by atoms with Gasteiger partial charge in [0, 0.05) is 0 Å². The molecule has 1 aromatic carbocycles. The van der Waals surface area contributed by atoms with E-state index in [2.05, 4.69) is 15.5 Å². The molecule has 0 radical (unpaired) electrons. The molecule has 0 saturated carbocycles. The SMILES string of the molecule is O=C(Nc1nncn1Cc1ccccc1)c1ccco1. The number of hydrogen-bond acceptors (Lipinski definition) is 4. The van der Waals surface area contributed by atoms with Crippen molar-refractivity contribution in [3.63, 3.8) is 0 Å². The summed E-state index contributed by atoms with van der Waals surface area (Å²) in [6.45, 7) is 0.585. The molecule has 100 valence electrons. The van der Waals surface area contributed by atoms with Crippen LogP contribution in [0.2, 0.25) is 0 Å². The molecule has 0 aliphatic carbocycles. The molecule has 20 heavy (non-hydrogen) atoms. The van der Waals surface area contributed by atoms with Gasteiger partial charge in [-0.05, 0) is 17.7 Å². The molecule has 2 aromatic heterocycles. The predicted molar refractivity (Wildman–Crippen MR) is 72.2 cm³/mol. The van der Waals surface area contributed by atoms with Crippen molar-refractivity contribution >= 4 is 11.9 Å². The number of hydrogen-bond donors (Lipinski definition) is 1. The predicted octanol–water partition coefficient (Wildman–Crippen LogP) is 2.17. The maximum Gasteiger partial charge on any atom is 0.293 e. The Hall–Kier alpha value is -2.89. The minimum Gasteiger partial charge on any atom is -0.459 e. The Morgan fingerprint density at radius 1 is 1.20 bits per heavy atom. The lowest BCUT2D eigenvalue weighted by Crippen LogP contribution is -2.15. The lowest BCUT2D eigenvalue weighted by Gasteiger charge is -2.06. The summed E-state index contributed by atoms with van der Waals surface area (Å²) >= 11 is 0. The largest absolute Gasteiger partial charge is 0.459 e. The molecule has 3 aromatic rings. The smallest absolute Gasteiger partial charge is 0.293 e. The van der Waals surface area contributed by atoms with E-state index in [4.69, 9.17) is 4.42 Å². The first-order valence-electron chi connectivity index (χ1n) is 6.09. The van der Waals surface area contributed by atoms with E-state index in [1.165, 1.54) is 6.26 Å². The van der Waals surface area contributed by atoms with Crippen LogP contribution in [0.15, 0.2) is 59.5 Å². The highest BCUT2D eigenvalue weighted by Crippen LogP contribution is 2.10. The van der Waals surface area contributed by atoms with E-state index in [0.29, 0.717) is 12.5 Å². The summed E-state index contributed by atoms with van der Waals surface area (Å²) < 4.78 is 6.79. The molecule has 0 saturated heterocycles. The van der Waals surface area contributed by atoms with E-state index in [1.54, 1.807) is 23.0 Å². The maximum absolute atomic E-state index is 11.9. The van der Waals surface area contributed by atoms with Gasteiger partial charge in [-0.25, -0.2) is 0 Å². The minimum absolute atomic E-state index is 0.235. The molecule has 0 fully saturated rings. The number of anilines is 1. The summed E-state index contributed by atoms with van der Waals surface area (Å²) in [6, 6.07) is 13.1. The van der Waals surface area contributed by atoms with Crippen LogP contribution in [0.3, 0.4) is 0 Å². The third-order valence-electron chi connectivity index (χ3n) is 2.78. The quantitative estimate of drug-likeness (QED) is 0.787. The Bertz CT molecular complexity index is 689. The van der Waals surface area contributed by atoms with Crippen LogP contribution in [0.1, 0.15) is 16.1 Å². The second kappa shape index (κ2) is 5.40. The average Bonchev–Trinajstić information content (AvgIpc) is 3.12. The first kappa shape index (κ1) is 12.2. The number of nitrogens with one attached hydrogen (secondary N) is 1. The Labute approximate surface area is 115 Å². The molecule has 0 bridgehead atoms. The number of furan rings is 1. The molecule has 1 N–H and O–H groups in total. The van der Waals surface area contributed by atoms with E-state index in [0.717, 1.165) is 5.56 Å². The monoisotopic (exact) mass is 268 g/mol. The second-order valence-corrected chi connectivity index (χ2v) is 4.20. The summed E-state index contributed by atoms with van der Waals surface area (Å²) in [6.07, 6.45) is 3.02. The Balaban J connectivity index is 1.75. The second-order valence-electron chi connectivity index (χ2n) is 4.20. The van der Waals surface area contributed by atoms with Crippen molar-refractivity contribution in [1.29, 1.82) is 0 Å². The lowest BCUT2D eigenvalue weighted by atomic mass is 10.2. The third kappa shape index (κ3) is 2.59. The number of carbonyl (C=O) groups excluding carboxylic acids is 1. The van der Waals surface area contributed by atoms with Gasteiger partial charge in [0.05, 0.1) is 12.8 Å². The van der Waals surface area contributed by atoms with Crippen molar-refractivity contribution in [2.24, 2.45) is 0 Å². The Kier molecular flexibility index (Phi) is 3.28. The number of carbonyl (C=O) groups is 1. The van der Waals surface area contributed by atoms with Gasteiger partial charge in [0.25, 0.3) is 5.91 Å². The van der Waals surface area contributed by atoms with E-state index in [9.17, 15) is 4.79 Å². The summed E-state index contributed by atoms with van der Waals surface area (Å²) in [5, 5.41) is 10.4. The fourth-order valence-electron chi connectivity index (χ4n) is 1.82. The van der Waals surface area contributed by atoms with Gasteiger partial charge in [-0.3, -0.25) is 14.7 Å². The van der Waals surface area contributed by atoms with Crippen LogP contribution in [0.25, 0.3) is 0 Å². The Morgan fingerprint density at radius 3 is 2.80 bits per heavy atom. The highest BCUT2D eigenvalue weighted by molar-refractivity contribution is 6.01. The highest BCUT2D eigenvalue weighted by Gasteiger charge is 2.12. The molecule has 0 aliphatic rings. The van der Waals surface area contributed by atoms with Crippen LogP contribution in [-0.4, -0.2) is 20.7 Å². The van der Waals surface area contributed by atoms with Crippen molar-refractivity contribution in [2.75, 3.05) is 5.32 Å². The van der Waals surface area contributed by atoms with Crippen LogP contribution < -0.4 is 5.32 Å². The third-order valence-corrected chi connectivity index (χ3v) is 2.78. The van der Waals surface area contributed by atoms with E-state index < -0.39 is 0 Å². The maximum atomic E-state index is 11.9. The van der Waals surface area contributed by atoms with Crippen LogP contribution >= 0.6 is 0 Å². The molecule has 3 rings (SSSR count). The molecular weight excluding hydrogens is 256 g/mol. The molecule has 2 heterocycles. The van der Waals surface area contributed by atoms with Gasteiger partial charge < -0.3 is 4.42 Å². The lowest BCUT2D eigenvalue weighted by molar-refractivity contribution is 0.0995. The highest BCUT2D eigenvalue weighted by atomic mass is 16.3. The van der Waals surface area contributed by atoms with Gasteiger partial charge in [-0.15, -0.1) is 10.2 Å². The van der Waals surface area contributed by atoms with Crippen molar-refractivity contribution < 1.29 is 9.21 Å². The molecule has 0 unspecified atom stereocenters. The number of benzene rings is 1. The number of rotatable bonds is 4. The van der Waals surface area contributed by atoms with Crippen molar-refractivity contribution in [3.05, 3.63) is 66.4 Å². The van der Waals surface area contributed by atoms with Gasteiger partial charge in [-0.1, -0.05) is 30.3 Å². The van der Waals surface area contributed by atoms with Gasteiger partial charge >= 0.3 is 0 Å². The zero-order chi connectivity index (χ0) is 13.8. The van der Waals surface area contributed by atoms with Crippen LogP contribution in [0.5, 0.6) is 0 Å². The van der Waals surface area contributed by atoms with Gasteiger partial charge in [0.2, 0.25) is 5.95 Å². The fourth-order valence-corrected chi connectivity index (χ4v) is 1.82. The number of aromatic nitrogens is 3. The topological polar surface area (TPSA) is 73.0 Å². The zero-order valence-corrected chi connectivity index (χ0v) is 10.6. The summed E-state index contributed by atoms with van der Waals surface area (Å²) in [5.74, 6) is 0.270. The fraction of sp³-hybridized carbons (Fsp3) is 0.0714. The number of nitrogens with zero attached hydrogens (tertiary/aromatic N) is 3. The molecule has 0 spiro atoms. The zero-order valence-electron chi connectivity index (χ0n) is 10.6. The average molecular weight is 268 g/mol. The summed E-state index contributed by atoms with van der Waals surface area (Å²) in [5.41, 5.74) is 1.10. The Morgan fingerprint density at radius 2 is 2.05 bits per heavy atom. The first-order valence-corrected chi connectivity index (χ1v) is 6.09. The van der Waals surface area contributed by atoms with E-state index in [-0.39, 0.29) is 11.7 Å². The molecule has 6 heteroatoms. The molecule has 0 atom stereocenters. The first-order chi connectivity index (χ1) is 9.83. The van der Waals surface area contributed by atoms with E-state index in [1.807, 2.05) is 30.3 Å². The van der Waals surface area contributed by atoms with Crippen LogP contribution in [0.4, 0.5) is 5.95 Å². The van der Waals surface area contributed by atoms with Gasteiger partial charge in [0.15, 0.2) is 5.76 Å². The molecule has 6 nitrogen and oxygen atoms in total. The molecular formula is C14H12N4O2. The van der Waals surface area contributed by atoms with Gasteiger partial charge in [-0.2, -0.15) is 0 Å². The number of amides is 1. The van der Waals surface area contributed by atoms with Crippen molar-refractivity contribution in [2.45, 2.75) is 6.54 Å². The standard InChI is InChI=1S/C14H12N4O2/c19-13(12-7-4-8-20-12)16-14-17-15-10-18(14)9-11-5-2-1-3-6-11/h1-8,10H,9H2,(H,16,17,19). The van der Waals surface area contributed by atoms with Crippen molar-refractivity contribution in [3.8, 4) is 0 Å². The van der Waals surface area contributed by atoms with E-state index >= 15 is 0 Å². The summed E-state index contributed by atoms with van der Waals surface area (Å²) in [4.78, 5) is 11.9. The summed E-state index contributed by atoms with van der Waals surface area (Å²) in [7, 11) is 0. The molecule has 1 amide bonds. The molecule has 0 aliphatic heterocycles. The van der Waals surface area contributed by atoms with Crippen LogP contribution in [0, 0.1) is 0 Å². The van der Waals surface area contributed by atoms with Crippen LogP contribution in [-0.2, 0) is 6.54 Å². The van der Waals surface area contributed by atoms with Crippen molar-refractivity contribution in [1.82, 2.24) is 14.8 Å². The minimum atomic E-state index is -0.350. The normalized spacial score (nSPS) is 10.4.